The van der Waals surface area contributed by atoms with E-state index < -0.39 is 12.1 Å². The van der Waals surface area contributed by atoms with Gasteiger partial charge in [0.25, 0.3) is 5.56 Å². The van der Waals surface area contributed by atoms with E-state index in [9.17, 15) is 14.4 Å². The number of aryl methyl sites for hydroxylation is 2. The minimum atomic E-state index is -0.770. The van der Waals surface area contributed by atoms with Gasteiger partial charge in [0.1, 0.15) is 12.6 Å². The van der Waals surface area contributed by atoms with E-state index in [-0.39, 0.29) is 30.5 Å². The van der Waals surface area contributed by atoms with Crippen molar-refractivity contribution in [3.8, 4) is 0 Å². The maximum Gasteiger partial charge on any atom is 0.408 e. The van der Waals surface area contributed by atoms with Crippen LogP contribution >= 0.6 is 0 Å². The number of benzene rings is 1. The Morgan fingerprint density at radius 3 is 2.43 bits per heavy atom. The Bertz CT molecular complexity index is 875. The van der Waals surface area contributed by atoms with Crippen LogP contribution in [0.1, 0.15) is 36.2 Å². The summed E-state index contributed by atoms with van der Waals surface area (Å²) >= 11 is 0. The molecule has 7 nitrogen and oxygen atoms in total. The SMILES string of the molecule is Cc1cc(C)c(CNC(=O)[C@@H](NC(=O)OCc2ccccc2)C(C)C)c(=O)[nH]1. The Kier molecular flexibility index (Phi) is 7.37. The number of aromatic nitrogens is 1. The van der Waals surface area contributed by atoms with Crippen LogP contribution < -0.4 is 16.2 Å². The van der Waals surface area contributed by atoms with Crippen molar-refractivity contribution in [3.63, 3.8) is 0 Å². The van der Waals surface area contributed by atoms with Gasteiger partial charge in [0.05, 0.1) is 0 Å². The van der Waals surface area contributed by atoms with Gasteiger partial charge in [0.15, 0.2) is 0 Å². The summed E-state index contributed by atoms with van der Waals surface area (Å²) in [6.45, 7) is 7.48. The molecule has 1 aromatic carbocycles. The normalized spacial score (nSPS) is 11.8. The van der Waals surface area contributed by atoms with Gasteiger partial charge in [-0.2, -0.15) is 0 Å². The minimum Gasteiger partial charge on any atom is -0.445 e. The minimum absolute atomic E-state index is 0.0875. The standard InChI is InChI=1S/C21H27N3O4/c1-13(2)18(24-21(27)28-12-16-8-6-5-7-9-16)20(26)22-11-17-14(3)10-15(4)23-19(17)25/h5-10,13,18H,11-12H2,1-4H3,(H,22,26)(H,23,25)(H,24,27)/t18-/m0/s1. The number of alkyl carbamates (subject to hydrolysis) is 1. The van der Waals surface area contributed by atoms with E-state index in [1.807, 2.05) is 57.2 Å². The second kappa shape index (κ2) is 9.73. The van der Waals surface area contributed by atoms with Crippen LogP contribution in [0.5, 0.6) is 0 Å². The zero-order chi connectivity index (χ0) is 20.7. The van der Waals surface area contributed by atoms with E-state index >= 15 is 0 Å². The Hall–Kier alpha value is -3.09. The van der Waals surface area contributed by atoms with Gasteiger partial charge in [0, 0.05) is 17.8 Å². The Morgan fingerprint density at radius 2 is 1.82 bits per heavy atom. The molecule has 1 heterocycles. The zero-order valence-corrected chi connectivity index (χ0v) is 16.7. The summed E-state index contributed by atoms with van der Waals surface area (Å²) in [6.07, 6.45) is -0.665. The smallest absolute Gasteiger partial charge is 0.408 e. The molecule has 3 N–H and O–H groups in total. The maximum atomic E-state index is 12.6. The number of carbonyl (C=O) groups excluding carboxylic acids is 2. The molecule has 0 aliphatic heterocycles. The van der Waals surface area contributed by atoms with E-state index in [0.717, 1.165) is 16.8 Å². The van der Waals surface area contributed by atoms with Crippen molar-refractivity contribution in [3.05, 3.63) is 69.1 Å². The Morgan fingerprint density at radius 1 is 1.14 bits per heavy atom. The molecule has 0 bridgehead atoms. The lowest BCUT2D eigenvalue weighted by atomic mass is 10.0. The van der Waals surface area contributed by atoms with Crippen LogP contribution in [0.2, 0.25) is 0 Å². The van der Waals surface area contributed by atoms with E-state index in [1.54, 1.807) is 6.92 Å². The zero-order valence-electron chi connectivity index (χ0n) is 16.7. The Labute approximate surface area is 164 Å². The predicted molar refractivity (Wildman–Crippen MR) is 107 cm³/mol. The average molecular weight is 385 g/mol. The van der Waals surface area contributed by atoms with Crippen molar-refractivity contribution < 1.29 is 14.3 Å². The van der Waals surface area contributed by atoms with Gasteiger partial charge in [-0.3, -0.25) is 9.59 Å². The third kappa shape index (κ3) is 5.97. The maximum absolute atomic E-state index is 12.6. The summed E-state index contributed by atoms with van der Waals surface area (Å²) in [4.78, 5) is 39.5. The third-order valence-electron chi connectivity index (χ3n) is 4.37. The first-order valence-corrected chi connectivity index (χ1v) is 9.22. The predicted octanol–water partition coefficient (Wildman–Crippen LogP) is 2.56. The number of aromatic amines is 1. The van der Waals surface area contributed by atoms with Crippen LogP contribution in [0.3, 0.4) is 0 Å². The topological polar surface area (TPSA) is 100 Å². The molecule has 2 rings (SSSR count). The molecular formula is C21H27N3O4. The first-order valence-electron chi connectivity index (χ1n) is 9.22. The van der Waals surface area contributed by atoms with E-state index in [4.69, 9.17) is 4.74 Å². The highest BCUT2D eigenvalue weighted by molar-refractivity contribution is 5.85. The Balaban J connectivity index is 1.94. The van der Waals surface area contributed by atoms with Crippen LogP contribution in [0.25, 0.3) is 0 Å². The van der Waals surface area contributed by atoms with Crippen LogP contribution in [0.4, 0.5) is 4.79 Å². The van der Waals surface area contributed by atoms with Crippen molar-refractivity contribution in [2.75, 3.05) is 0 Å². The van der Waals surface area contributed by atoms with Gasteiger partial charge >= 0.3 is 6.09 Å². The molecule has 7 heteroatoms. The highest BCUT2D eigenvalue weighted by Gasteiger charge is 2.25. The highest BCUT2D eigenvalue weighted by Crippen LogP contribution is 2.07. The fourth-order valence-electron chi connectivity index (χ4n) is 2.81. The van der Waals surface area contributed by atoms with Crippen molar-refractivity contribution in [1.82, 2.24) is 15.6 Å². The van der Waals surface area contributed by atoms with Crippen LogP contribution in [0, 0.1) is 19.8 Å². The summed E-state index contributed by atoms with van der Waals surface area (Å²) in [5.74, 6) is -0.521. The fourth-order valence-corrected chi connectivity index (χ4v) is 2.81. The molecule has 2 amide bonds. The first-order chi connectivity index (χ1) is 13.3. The molecule has 0 radical (unpaired) electrons. The lowest BCUT2D eigenvalue weighted by Gasteiger charge is -2.21. The van der Waals surface area contributed by atoms with Gasteiger partial charge in [-0.25, -0.2) is 4.79 Å². The van der Waals surface area contributed by atoms with Gasteiger partial charge in [-0.1, -0.05) is 44.2 Å². The van der Waals surface area contributed by atoms with Crippen molar-refractivity contribution in [1.29, 1.82) is 0 Å². The molecule has 0 fully saturated rings. The molecule has 0 spiro atoms. The molecule has 0 unspecified atom stereocenters. The van der Waals surface area contributed by atoms with Gasteiger partial charge < -0.3 is 20.4 Å². The average Bonchev–Trinajstić information content (AvgIpc) is 2.64. The summed E-state index contributed by atoms with van der Waals surface area (Å²) in [7, 11) is 0. The second-order valence-electron chi connectivity index (χ2n) is 7.09. The summed E-state index contributed by atoms with van der Waals surface area (Å²) in [6, 6.07) is 10.4. The molecule has 0 saturated carbocycles. The van der Waals surface area contributed by atoms with Crippen molar-refractivity contribution in [2.45, 2.75) is 46.9 Å². The molecular weight excluding hydrogens is 358 g/mol. The number of carbonyl (C=O) groups is 2. The number of pyridine rings is 1. The van der Waals surface area contributed by atoms with Crippen LogP contribution in [-0.2, 0) is 22.7 Å². The van der Waals surface area contributed by atoms with Gasteiger partial charge in [0.2, 0.25) is 5.91 Å². The van der Waals surface area contributed by atoms with Crippen molar-refractivity contribution >= 4 is 12.0 Å². The molecule has 0 aliphatic rings. The number of nitrogens with one attached hydrogen (secondary N) is 3. The highest BCUT2D eigenvalue weighted by atomic mass is 16.5. The molecule has 2 aromatic rings. The summed E-state index contributed by atoms with van der Waals surface area (Å²) < 4.78 is 5.19. The van der Waals surface area contributed by atoms with Crippen LogP contribution in [-0.4, -0.2) is 23.0 Å². The van der Waals surface area contributed by atoms with E-state index in [2.05, 4.69) is 15.6 Å². The second-order valence-corrected chi connectivity index (χ2v) is 7.09. The number of ether oxygens (including phenoxy) is 1. The van der Waals surface area contributed by atoms with Crippen LogP contribution in [0.15, 0.2) is 41.2 Å². The van der Waals surface area contributed by atoms with E-state index in [1.165, 1.54) is 0 Å². The fraction of sp³-hybridized carbons (Fsp3) is 0.381. The molecule has 1 aromatic heterocycles. The monoisotopic (exact) mass is 385 g/mol. The number of hydrogen-bond acceptors (Lipinski definition) is 4. The molecule has 0 saturated heterocycles. The lowest BCUT2D eigenvalue weighted by molar-refractivity contribution is -0.124. The summed E-state index contributed by atoms with van der Waals surface area (Å²) in [5.41, 5.74) is 2.69. The number of H-pyrrole nitrogens is 1. The molecule has 1 atom stereocenters. The quantitative estimate of drug-likeness (QED) is 0.682. The van der Waals surface area contributed by atoms with Gasteiger partial charge in [-0.05, 0) is 37.0 Å². The molecule has 150 valence electrons. The number of amides is 2. The van der Waals surface area contributed by atoms with Gasteiger partial charge in [-0.15, -0.1) is 0 Å². The van der Waals surface area contributed by atoms with Crippen molar-refractivity contribution in [2.24, 2.45) is 5.92 Å². The molecule has 28 heavy (non-hydrogen) atoms. The first kappa shape index (κ1) is 21.2. The largest absolute Gasteiger partial charge is 0.445 e. The van der Waals surface area contributed by atoms with E-state index in [0.29, 0.717) is 5.56 Å². The number of rotatable bonds is 7. The molecule has 0 aliphatic carbocycles. The summed E-state index contributed by atoms with van der Waals surface area (Å²) in [5, 5.41) is 5.33. The third-order valence-corrected chi connectivity index (χ3v) is 4.37. The lowest BCUT2D eigenvalue weighted by Crippen LogP contribution is -2.49. The number of hydrogen-bond donors (Lipinski definition) is 3.